The van der Waals surface area contributed by atoms with E-state index < -0.39 is 0 Å². The molecule has 1 heterocycles. The van der Waals surface area contributed by atoms with Crippen molar-refractivity contribution in [2.45, 2.75) is 5.92 Å². The van der Waals surface area contributed by atoms with Crippen molar-refractivity contribution in [3.63, 3.8) is 0 Å². The van der Waals surface area contributed by atoms with Gasteiger partial charge in [-0.25, -0.2) is 0 Å². The van der Waals surface area contributed by atoms with Gasteiger partial charge in [0.1, 0.15) is 5.75 Å². The summed E-state index contributed by atoms with van der Waals surface area (Å²) in [7, 11) is 1.40. The predicted molar refractivity (Wildman–Crippen MR) is 72.2 cm³/mol. The van der Waals surface area contributed by atoms with E-state index in [0.717, 1.165) is 31.7 Å². The fourth-order valence-corrected chi connectivity index (χ4v) is 2.35. The van der Waals surface area contributed by atoms with Crippen LogP contribution in [0.5, 0.6) is 5.75 Å². The highest BCUT2D eigenvalue weighted by molar-refractivity contribution is 5.78. The molecular formula is C14H20N2O3. The van der Waals surface area contributed by atoms with Gasteiger partial charge in [0, 0.05) is 32.7 Å². The van der Waals surface area contributed by atoms with Crippen molar-refractivity contribution < 1.29 is 14.6 Å². The van der Waals surface area contributed by atoms with Gasteiger partial charge in [-0.1, -0.05) is 12.1 Å². The summed E-state index contributed by atoms with van der Waals surface area (Å²) in [5, 5.41) is 12.8. The van der Waals surface area contributed by atoms with Gasteiger partial charge in [-0.05, 0) is 17.7 Å². The molecule has 104 valence electrons. The molecule has 2 N–H and O–H groups in total. The number of ether oxygens (including phenoxy) is 1. The summed E-state index contributed by atoms with van der Waals surface area (Å²) in [6.07, 6.45) is 0. The molecule has 5 heteroatoms. The van der Waals surface area contributed by atoms with Crippen LogP contribution in [-0.2, 0) is 9.53 Å². The molecule has 0 saturated carbocycles. The molecule has 1 aromatic carbocycles. The van der Waals surface area contributed by atoms with E-state index in [1.54, 1.807) is 18.2 Å². The predicted octanol–water partition coefficient (Wildman–Crippen LogP) is 0.554. The first-order valence-corrected chi connectivity index (χ1v) is 6.50. The van der Waals surface area contributed by atoms with Gasteiger partial charge < -0.3 is 15.2 Å². The number of methoxy groups -OCH3 is 1. The van der Waals surface area contributed by atoms with Crippen molar-refractivity contribution in [1.82, 2.24) is 10.2 Å². The van der Waals surface area contributed by atoms with Gasteiger partial charge in [-0.15, -0.1) is 0 Å². The third kappa shape index (κ3) is 3.68. The van der Waals surface area contributed by atoms with Gasteiger partial charge in [0.15, 0.2) is 0 Å². The first-order chi connectivity index (χ1) is 9.20. The smallest absolute Gasteiger partial charge is 0.314 e. The number of nitrogens with zero attached hydrogens (tertiary/aromatic N) is 1. The SMILES string of the molecule is COC(=O)C(CN1CCNCC1)c1cccc(O)c1. The van der Waals surface area contributed by atoms with Crippen molar-refractivity contribution >= 4 is 5.97 Å². The molecule has 1 aliphatic rings. The number of hydrogen-bond donors (Lipinski definition) is 2. The highest BCUT2D eigenvalue weighted by atomic mass is 16.5. The fraction of sp³-hybridized carbons (Fsp3) is 0.500. The molecule has 19 heavy (non-hydrogen) atoms. The van der Waals surface area contributed by atoms with E-state index in [-0.39, 0.29) is 17.6 Å². The molecule has 0 spiro atoms. The zero-order valence-corrected chi connectivity index (χ0v) is 11.1. The number of benzene rings is 1. The van der Waals surface area contributed by atoms with Gasteiger partial charge in [-0.3, -0.25) is 9.69 Å². The van der Waals surface area contributed by atoms with Crippen LogP contribution in [0.4, 0.5) is 0 Å². The van der Waals surface area contributed by atoms with E-state index >= 15 is 0 Å². The van der Waals surface area contributed by atoms with Gasteiger partial charge in [0.05, 0.1) is 13.0 Å². The average molecular weight is 264 g/mol. The van der Waals surface area contributed by atoms with Crippen LogP contribution in [0.1, 0.15) is 11.5 Å². The largest absolute Gasteiger partial charge is 0.508 e. The molecule has 0 aliphatic carbocycles. The van der Waals surface area contributed by atoms with Crippen molar-refractivity contribution in [2.24, 2.45) is 0 Å². The second-order valence-electron chi connectivity index (χ2n) is 4.72. The lowest BCUT2D eigenvalue weighted by atomic mass is 9.98. The molecule has 0 aromatic heterocycles. The number of hydrogen-bond acceptors (Lipinski definition) is 5. The summed E-state index contributed by atoms with van der Waals surface area (Å²) in [5.41, 5.74) is 0.797. The molecule has 1 aliphatic heterocycles. The number of phenolic OH excluding ortho intramolecular Hbond substituents is 1. The Bertz CT molecular complexity index is 430. The van der Waals surface area contributed by atoms with Crippen LogP contribution in [0.25, 0.3) is 0 Å². The van der Waals surface area contributed by atoms with E-state index in [0.29, 0.717) is 6.54 Å². The van der Waals surface area contributed by atoms with Gasteiger partial charge >= 0.3 is 5.97 Å². The summed E-state index contributed by atoms with van der Waals surface area (Å²) >= 11 is 0. The molecule has 1 saturated heterocycles. The molecule has 5 nitrogen and oxygen atoms in total. The summed E-state index contributed by atoms with van der Waals surface area (Å²) in [5.74, 6) is -0.439. The van der Waals surface area contributed by atoms with Gasteiger partial charge in [-0.2, -0.15) is 0 Å². The van der Waals surface area contributed by atoms with E-state index in [1.165, 1.54) is 7.11 Å². The Balaban J connectivity index is 2.13. The topological polar surface area (TPSA) is 61.8 Å². The maximum absolute atomic E-state index is 12.0. The number of phenols is 1. The average Bonchev–Trinajstić information content (AvgIpc) is 2.45. The monoisotopic (exact) mass is 264 g/mol. The molecule has 0 radical (unpaired) electrons. The normalized spacial score (nSPS) is 17.9. The van der Waals surface area contributed by atoms with Crippen LogP contribution in [0, 0.1) is 0 Å². The first-order valence-electron chi connectivity index (χ1n) is 6.50. The maximum atomic E-state index is 12.0. The molecule has 1 unspecified atom stereocenters. The van der Waals surface area contributed by atoms with E-state index in [9.17, 15) is 9.90 Å². The number of carbonyl (C=O) groups is 1. The highest BCUT2D eigenvalue weighted by Gasteiger charge is 2.25. The minimum absolute atomic E-state index is 0.173. The van der Waals surface area contributed by atoms with Gasteiger partial charge in [0.2, 0.25) is 0 Å². The van der Waals surface area contributed by atoms with E-state index in [1.807, 2.05) is 6.07 Å². The number of aromatic hydroxyl groups is 1. The molecule has 0 bridgehead atoms. The second kappa shape index (κ2) is 6.54. The van der Waals surface area contributed by atoms with E-state index in [4.69, 9.17) is 4.74 Å². The number of carbonyl (C=O) groups excluding carboxylic acids is 1. The molecular weight excluding hydrogens is 244 g/mol. The first kappa shape index (κ1) is 13.8. The number of nitrogens with one attached hydrogen (secondary N) is 1. The number of piperazine rings is 1. The molecule has 2 rings (SSSR count). The Morgan fingerprint density at radius 2 is 2.21 bits per heavy atom. The van der Waals surface area contributed by atoms with Crippen LogP contribution in [0.2, 0.25) is 0 Å². The molecule has 1 aromatic rings. The lowest BCUT2D eigenvalue weighted by molar-refractivity contribution is -0.143. The Morgan fingerprint density at radius 1 is 1.47 bits per heavy atom. The molecule has 1 atom stereocenters. The zero-order chi connectivity index (χ0) is 13.7. The molecule has 1 fully saturated rings. The maximum Gasteiger partial charge on any atom is 0.314 e. The lowest BCUT2D eigenvalue weighted by Gasteiger charge is -2.30. The Morgan fingerprint density at radius 3 is 2.84 bits per heavy atom. The van der Waals surface area contributed by atoms with Crippen molar-refractivity contribution in [1.29, 1.82) is 0 Å². The third-order valence-electron chi connectivity index (χ3n) is 3.41. The zero-order valence-electron chi connectivity index (χ0n) is 11.1. The Labute approximate surface area is 113 Å². The van der Waals surface area contributed by atoms with Crippen LogP contribution in [0.3, 0.4) is 0 Å². The summed E-state index contributed by atoms with van der Waals surface area (Å²) in [6.45, 7) is 4.35. The second-order valence-corrected chi connectivity index (χ2v) is 4.72. The van der Waals surface area contributed by atoms with Gasteiger partial charge in [0.25, 0.3) is 0 Å². The number of esters is 1. The summed E-state index contributed by atoms with van der Waals surface area (Å²) in [4.78, 5) is 14.2. The quantitative estimate of drug-likeness (QED) is 0.778. The van der Waals surface area contributed by atoms with Crippen molar-refractivity contribution in [3.05, 3.63) is 29.8 Å². The number of rotatable bonds is 4. The van der Waals surface area contributed by atoms with Crippen LogP contribution in [-0.4, -0.2) is 55.8 Å². The minimum atomic E-state index is -0.352. The summed E-state index contributed by atoms with van der Waals surface area (Å²) < 4.78 is 4.89. The Hall–Kier alpha value is -1.59. The van der Waals surface area contributed by atoms with Crippen molar-refractivity contribution in [2.75, 3.05) is 39.8 Å². The molecule has 0 amide bonds. The minimum Gasteiger partial charge on any atom is -0.508 e. The third-order valence-corrected chi connectivity index (χ3v) is 3.41. The standard InChI is InChI=1S/C14H20N2O3/c1-19-14(18)13(10-16-7-5-15-6-8-16)11-3-2-4-12(17)9-11/h2-4,9,13,15,17H,5-8,10H2,1H3. The van der Waals surface area contributed by atoms with Crippen LogP contribution < -0.4 is 5.32 Å². The van der Waals surface area contributed by atoms with Crippen LogP contribution in [0.15, 0.2) is 24.3 Å². The Kier molecular flexibility index (Phi) is 4.76. The summed E-state index contributed by atoms with van der Waals surface area (Å²) in [6, 6.07) is 6.83. The van der Waals surface area contributed by atoms with Crippen molar-refractivity contribution in [3.8, 4) is 5.75 Å². The lowest BCUT2D eigenvalue weighted by Crippen LogP contribution is -2.45. The van der Waals surface area contributed by atoms with Crippen LogP contribution >= 0.6 is 0 Å². The van der Waals surface area contributed by atoms with E-state index in [2.05, 4.69) is 10.2 Å². The fourth-order valence-electron chi connectivity index (χ4n) is 2.35. The highest BCUT2D eigenvalue weighted by Crippen LogP contribution is 2.22.